The molecule has 1 aliphatic rings. The van der Waals surface area contributed by atoms with E-state index in [1.54, 1.807) is 13.1 Å². The van der Waals surface area contributed by atoms with Crippen molar-refractivity contribution in [3.8, 4) is 11.5 Å². The minimum Gasteiger partial charge on any atom is -0.356 e. The fraction of sp³-hybridized carbons (Fsp3) is 0.300. The van der Waals surface area contributed by atoms with E-state index in [2.05, 4.69) is 37.1 Å². The molecule has 3 aromatic heterocycles. The molecule has 4 heterocycles. The summed E-state index contributed by atoms with van der Waals surface area (Å²) in [6, 6.07) is 12.2. The lowest BCUT2D eigenvalue weighted by molar-refractivity contribution is 0.425. The molecule has 4 aromatic rings. The van der Waals surface area contributed by atoms with E-state index in [0.29, 0.717) is 17.6 Å². The van der Waals surface area contributed by atoms with Crippen LogP contribution < -0.4 is 4.90 Å². The molecule has 0 spiro atoms. The molecule has 0 saturated carbocycles. The number of anilines is 1. The van der Waals surface area contributed by atoms with Crippen molar-refractivity contribution in [3.63, 3.8) is 0 Å². The van der Waals surface area contributed by atoms with Gasteiger partial charge in [0.1, 0.15) is 11.6 Å². The van der Waals surface area contributed by atoms with Crippen molar-refractivity contribution in [2.45, 2.75) is 25.7 Å². The van der Waals surface area contributed by atoms with Crippen molar-refractivity contribution < 1.29 is 4.52 Å². The van der Waals surface area contributed by atoms with Crippen LogP contribution in [0.25, 0.3) is 22.5 Å². The highest BCUT2D eigenvalue weighted by Gasteiger charge is 2.24. The van der Waals surface area contributed by atoms with Crippen molar-refractivity contribution in [1.29, 1.82) is 0 Å². The van der Waals surface area contributed by atoms with Crippen LogP contribution in [-0.4, -0.2) is 38.2 Å². The maximum Gasteiger partial charge on any atom is 0.259 e. The number of rotatable bonds is 3. The Morgan fingerprint density at radius 1 is 1.15 bits per heavy atom. The van der Waals surface area contributed by atoms with E-state index in [9.17, 15) is 0 Å². The van der Waals surface area contributed by atoms with Crippen molar-refractivity contribution in [1.82, 2.24) is 25.1 Å². The van der Waals surface area contributed by atoms with Gasteiger partial charge in [-0.15, -0.1) is 0 Å². The molecule has 1 saturated heterocycles. The Balaban J connectivity index is 1.36. The molecule has 0 radical (unpaired) electrons. The molecule has 7 heteroatoms. The van der Waals surface area contributed by atoms with Crippen LogP contribution in [0, 0.1) is 6.92 Å². The van der Waals surface area contributed by atoms with Crippen LogP contribution >= 0.6 is 0 Å². The summed E-state index contributed by atoms with van der Waals surface area (Å²) in [7, 11) is 0. The topological polar surface area (TPSA) is 83.7 Å². The van der Waals surface area contributed by atoms with E-state index in [0.717, 1.165) is 54.2 Å². The summed E-state index contributed by atoms with van der Waals surface area (Å²) in [5.41, 5.74) is 2.97. The second kappa shape index (κ2) is 6.50. The third-order valence-electron chi connectivity index (χ3n) is 5.06. The van der Waals surface area contributed by atoms with Crippen molar-refractivity contribution >= 4 is 16.9 Å². The monoisotopic (exact) mass is 360 g/mol. The van der Waals surface area contributed by atoms with Gasteiger partial charge in [0.05, 0.1) is 16.6 Å². The van der Waals surface area contributed by atoms with E-state index >= 15 is 0 Å². The van der Waals surface area contributed by atoms with Crippen molar-refractivity contribution in [2.24, 2.45) is 0 Å². The highest BCUT2D eigenvalue weighted by molar-refractivity contribution is 5.74. The third kappa shape index (κ3) is 3.05. The first-order chi connectivity index (χ1) is 13.3. The highest BCUT2D eigenvalue weighted by atomic mass is 16.5. The molecule has 136 valence electrons. The number of piperidine rings is 1. The zero-order chi connectivity index (χ0) is 18.2. The zero-order valence-electron chi connectivity index (χ0n) is 15.1. The largest absolute Gasteiger partial charge is 0.356 e. The molecule has 1 N–H and O–H groups in total. The van der Waals surface area contributed by atoms with E-state index < -0.39 is 0 Å². The fourth-order valence-corrected chi connectivity index (χ4v) is 3.69. The van der Waals surface area contributed by atoms with Crippen molar-refractivity contribution in [3.05, 3.63) is 54.2 Å². The first-order valence-electron chi connectivity index (χ1n) is 9.22. The number of hydrogen-bond acceptors (Lipinski definition) is 6. The molecular weight excluding hydrogens is 340 g/mol. The number of aryl methyl sites for hydroxylation is 1. The number of aromatic nitrogens is 5. The maximum atomic E-state index is 5.21. The number of benzene rings is 1. The SMILES string of the molecule is Cc1noc(-c2ccc(N3CCC[C@@H](c4nc5ccccc5[nH]4)C3)nc2)n1. The van der Waals surface area contributed by atoms with Crippen LogP contribution in [0.15, 0.2) is 47.1 Å². The lowest BCUT2D eigenvalue weighted by Gasteiger charge is -2.32. The smallest absolute Gasteiger partial charge is 0.259 e. The number of H-pyrrole nitrogens is 1. The maximum absolute atomic E-state index is 5.21. The molecule has 1 atom stereocenters. The number of para-hydroxylation sites is 2. The Labute approximate surface area is 156 Å². The summed E-state index contributed by atoms with van der Waals surface area (Å²) in [6.45, 7) is 3.72. The average molecular weight is 360 g/mol. The lowest BCUT2D eigenvalue weighted by Crippen LogP contribution is -2.35. The molecule has 0 aliphatic carbocycles. The van der Waals surface area contributed by atoms with Gasteiger partial charge in [-0.2, -0.15) is 4.98 Å². The van der Waals surface area contributed by atoms with E-state index in [1.165, 1.54) is 0 Å². The quantitative estimate of drug-likeness (QED) is 0.600. The predicted octanol–water partition coefficient (Wildman–Crippen LogP) is 3.70. The number of imidazole rings is 1. The number of aromatic amines is 1. The summed E-state index contributed by atoms with van der Waals surface area (Å²) in [6.07, 6.45) is 4.05. The summed E-state index contributed by atoms with van der Waals surface area (Å²) in [4.78, 5) is 19.5. The fourth-order valence-electron chi connectivity index (χ4n) is 3.69. The third-order valence-corrected chi connectivity index (χ3v) is 5.06. The molecule has 7 nitrogen and oxygen atoms in total. The van der Waals surface area contributed by atoms with Crippen molar-refractivity contribution in [2.75, 3.05) is 18.0 Å². The molecule has 1 aliphatic heterocycles. The van der Waals surface area contributed by atoms with Gasteiger partial charge in [-0.1, -0.05) is 17.3 Å². The number of nitrogens with one attached hydrogen (secondary N) is 1. The van der Waals surface area contributed by atoms with Crippen LogP contribution in [0.2, 0.25) is 0 Å². The lowest BCUT2D eigenvalue weighted by atomic mass is 9.97. The van der Waals surface area contributed by atoms with Gasteiger partial charge < -0.3 is 14.4 Å². The van der Waals surface area contributed by atoms with Gasteiger partial charge >= 0.3 is 0 Å². The second-order valence-corrected chi connectivity index (χ2v) is 6.98. The second-order valence-electron chi connectivity index (χ2n) is 6.98. The molecule has 0 bridgehead atoms. The van der Waals surface area contributed by atoms with Gasteiger partial charge in [-0.3, -0.25) is 0 Å². The van der Waals surface area contributed by atoms with Crippen LogP contribution in [-0.2, 0) is 0 Å². The van der Waals surface area contributed by atoms with Gasteiger partial charge in [-0.05, 0) is 44.0 Å². The Morgan fingerprint density at radius 2 is 2.07 bits per heavy atom. The zero-order valence-corrected chi connectivity index (χ0v) is 15.1. The molecule has 0 amide bonds. The van der Waals surface area contributed by atoms with Gasteiger partial charge in [-0.25, -0.2) is 9.97 Å². The van der Waals surface area contributed by atoms with Crippen LogP contribution in [0.4, 0.5) is 5.82 Å². The average Bonchev–Trinajstić information content (AvgIpc) is 3.34. The van der Waals surface area contributed by atoms with Gasteiger partial charge in [0.2, 0.25) is 0 Å². The number of hydrogen-bond donors (Lipinski definition) is 1. The summed E-state index contributed by atoms with van der Waals surface area (Å²) < 4.78 is 5.21. The minimum atomic E-state index is 0.381. The Bertz CT molecular complexity index is 1030. The van der Waals surface area contributed by atoms with E-state index in [1.807, 2.05) is 24.3 Å². The van der Waals surface area contributed by atoms with Crippen LogP contribution in [0.1, 0.15) is 30.4 Å². The van der Waals surface area contributed by atoms with Crippen LogP contribution in [0.5, 0.6) is 0 Å². The molecule has 1 aromatic carbocycles. The summed E-state index contributed by atoms with van der Waals surface area (Å²) in [5.74, 6) is 3.55. The number of pyridine rings is 1. The number of nitrogens with zero attached hydrogens (tertiary/aromatic N) is 5. The molecule has 27 heavy (non-hydrogen) atoms. The predicted molar refractivity (Wildman–Crippen MR) is 103 cm³/mol. The normalized spacial score (nSPS) is 17.5. The molecular formula is C20H20N6O. The minimum absolute atomic E-state index is 0.381. The Morgan fingerprint density at radius 3 is 2.85 bits per heavy atom. The van der Waals surface area contributed by atoms with E-state index in [-0.39, 0.29) is 0 Å². The summed E-state index contributed by atoms with van der Waals surface area (Å²) in [5, 5.41) is 3.83. The van der Waals surface area contributed by atoms with E-state index in [4.69, 9.17) is 9.51 Å². The highest BCUT2D eigenvalue weighted by Crippen LogP contribution is 2.29. The van der Waals surface area contributed by atoms with Crippen LogP contribution in [0.3, 0.4) is 0 Å². The Hall–Kier alpha value is -3.22. The first kappa shape index (κ1) is 16.0. The first-order valence-corrected chi connectivity index (χ1v) is 9.22. The van der Waals surface area contributed by atoms with Gasteiger partial charge in [0.25, 0.3) is 5.89 Å². The Kier molecular flexibility index (Phi) is 3.85. The molecule has 0 unspecified atom stereocenters. The van der Waals surface area contributed by atoms with Gasteiger partial charge in [0, 0.05) is 25.2 Å². The molecule has 5 rings (SSSR count). The van der Waals surface area contributed by atoms with Gasteiger partial charge in [0.15, 0.2) is 5.82 Å². The number of fused-ring (bicyclic) bond motifs is 1. The molecule has 1 fully saturated rings. The standard InChI is InChI=1S/C20H20N6O/c1-13-22-20(27-25-13)14-8-9-18(21-11-14)26-10-4-5-15(12-26)19-23-16-6-2-3-7-17(16)24-19/h2-3,6-9,11,15H,4-5,10,12H2,1H3,(H,23,24)/t15-/m1/s1. The summed E-state index contributed by atoms with van der Waals surface area (Å²) >= 11 is 0.